The number of rotatable bonds is 4. The van der Waals surface area contributed by atoms with Gasteiger partial charge >= 0.3 is 0 Å². The number of ether oxygens (including phenoxy) is 2. The predicted molar refractivity (Wildman–Crippen MR) is 82.7 cm³/mol. The number of aryl methyl sites for hydroxylation is 1. The van der Waals surface area contributed by atoms with Crippen molar-refractivity contribution in [2.45, 2.75) is 63.0 Å². The maximum atomic E-state index is 13.1. The lowest BCUT2D eigenvalue weighted by Gasteiger charge is -2.29. The van der Waals surface area contributed by atoms with Crippen LogP contribution in [0.2, 0.25) is 0 Å². The Kier molecular flexibility index (Phi) is 4.54. The molecule has 0 aromatic heterocycles. The minimum atomic E-state index is -3.61. The highest BCUT2D eigenvalue weighted by atomic mass is 32.2. The first-order valence-electron chi connectivity index (χ1n) is 7.91. The van der Waals surface area contributed by atoms with Gasteiger partial charge in [-0.2, -0.15) is 0 Å². The van der Waals surface area contributed by atoms with E-state index in [1.54, 1.807) is 12.1 Å². The van der Waals surface area contributed by atoms with E-state index in [4.69, 9.17) is 9.47 Å². The van der Waals surface area contributed by atoms with E-state index in [1.807, 2.05) is 26.0 Å². The van der Waals surface area contributed by atoms with Crippen LogP contribution in [0.25, 0.3) is 0 Å². The summed E-state index contributed by atoms with van der Waals surface area (Å²) in [4.78, 5) is 0.303. The Balaban J connectivity index is 1.96. The zero-order valence-corrected chi connectivity index (χ0v) is 13.9. The average Bonchev–Trinajstić information content (AvgIpc) is 2.86. The first kappa shape index (κ1) is 15.9. The Labute approximate surface area is 132 Å². The molecule has 0 spiro atoms. The van der Waals surface area contributed by atoms with Crippen molar-refractivity contribution in [3.63, 3.8) is 0 Å². The molecule has 1 aromatic rings. The molecule has 0 radical (unpaired) electrons. The fourth-order valence-corrected chi connectivity index (χ4v) is 4.93. The van der Waals surface area contributed by atoms with Gasteiger partial charge in [0, 0.05) is 6.61 Å². The van der Waals surface area contributed by atoms with Crippen LogP contribution in [-0.4, -0.2) is 37.9 Å². The van der Waals surface area contributed by atoms with E-state index in [0.29, 0.717) is 11.5 Å². The lowest BCUT2D eigenvalue weighted by Crippen LogP contribution is -2.45. The molecule has 1 heterocycles. The summed E-state index contributed by atoms with van der Waals surface area (Å²) in [5.74, 6) is 0. The van der Waals surface area contributed by atoms with Crippen LogP contribution in [0.1, 0.15) is 38.2 Å². The van der Waals surface area contributed by atoms with Gasteiger partial charge in [-0.1, -0.05) is 30.5 Å². The van der Waals surface area contributed by atoms with Crippen LogP contribution in [0.3, 0.4) is 0 Å². The zero-order chi connectivity index (χ0) is 15.7. The molecular formula is C16H23NO4S. The summed E-state index contributed by atoms with van der Waals surface area (Å²) >= 11 is 0. The van der Waals surface area contributed by atoms with Gasteiger partial charge in [-0.25, -0.2) is 8.42 Å². The van der Waals surface area contributed by atoms with E-state index < -0.39 is 16.4 Å². The first-order valence-corrected chi connectivity index (χ1v) is 9.35. The Bertz CT molecular complexity index is 614. The van der Waals surface area contributed by atoms with Crippen LogP contribution in [0, 0.1) is 6.92 Å². The molecule has 3 rings (SSSR count). The second-order valence-electron chi connectivity index (χ2n) is 5.94. The molecule has 1 saturated carbocycles. The molecule has 5 nitrogen and oxygen atoms in total. The van der Waals surface area contributed by atoms with Crippen molar-refractivity contribution in [3.8, 4) is 0 Å². The summed E-state index contributed by atoms with van der Waals surface area (Å²) in [5, 5.41) is 0. The number of hydrogen-bond donors (Lipinski definition) is 0. The van der Waals surface area contributed by atoms with Crippen LogP contribution in [-0.2, 0) is 19.5 Å². The second kappa shape index (κ2) is 6.28. The van der Waals surface area contributed by atoms with Gasteiger partial charge in [-0.05, 0) is 38.8 Å². The van der Waals surface area contributed by atoms with E-state index in [0.717, 1.165) is 31.2 Å². The van der Waals surface area contributed by atoms with Crippen molar-refractivity contribution in [1.82, 2.24) is 4.31 Å². The molecule has 1 saturated heterocycles. The molecule has 122 valence electrons. The van der Waals surface area contributed by atoms with Crippen molar-refractivity contribution in [2.75, 3.05) is 6.61 Å². The Morgan fingerprint density at radius 3 is 2.59 bits per heavy atom. The van der Waals surface area contributed by atoms with Crippen LogP contribution in [0.5, 0.6) is 0 Å². The number of sulfonamides is 1. The SMILES string of the molecule is CCOC1O[C@H]2CCCC[C@H]2N1S(=O)(=O)c1ccc(C)cc1. The number of benzene rings is 1. The highest BCUT2D eigenvalue weighted by Gasteiger charge is 2.50. The van der Waals surface area contributed by atoms with Gasteiger partial charge < -0.3 is 9.47 Å². The normalized spacial score (nSPS) is 29.5. The van der Waals surface area contributed by atoms with E-state index in [1.165, 1.54) is 4.31 Å². The van der Waals surface area contributed by atoms with Gasteiger partial charge in [0.15, 0.2) is 0 Å². The van der Waals surface area contributed by atoms with Crippen LogP contribution >= 0.6 is 0 Å². The number of fused-ring (bicyclic) bond motifs is 1. The molecule has 1 unspecified atom stereocenters. The molecule has 1 aliphatic heterocycles. The van der Waals surface area contributed by atoms with Crippen molar-refractivity contribution in [1.29, 1.82) is 0 Å². The monoisotopic (exact) mass is 325 g/mol. The summed E-state index contributed by atoms with van der Waals surface area (Å²) in [7, 11) is -3.61. The summed E-state index contributed by atoms with van der Waals surface area (Å²) < 4.78 is 39.0. The Morgan fingerprint density at radius 1 is 1.23 bits per heavy atom. The van der Waals surface area contributed by atoms with Crippen LogP contribution in [0.4, 0.5) is 0 Å². The molecule has 3 atom stereocenters. The lowest BCUT2D eigenvalue weighted by atomic mass is 9.93. The minimum Gasteiger partial charge on any atom is -0.339 e. The maximum Gasteiger partial charge on any atom is 0.247 e. The fourth-order valence-electron chi connectivity index (χ4n) is 3.27. The van der Waals surface area contributed by atoms with E-state index in [9.17, 15) is 8.42 Å². The molecule has 0 bridgehead atoms. The summed E-state index contributed by atoms with van der Waals surface area (Å²) in [6.45, 7) is 4.21. The van der Waals surface area contributed by atoms with Gasteiger partial charge in [0.25, 0.3) is 0 Å². The maximum absolute atomic E-state index is 13.1. The zero-order valence-electron chi connectivity index (χ0n) is 13.1. The quantitative estimate of drug-likeness (QED) is 0.854. The van der Waals surface area contributed by atoms with Crippen molar-refractivity contribution < 1.29 is 17.9 Å². The van der Waals surface area contributed by atoms with E-state index in [2.05, 4.69) is 0 Å². The van der Waals surface area contributed by atoms with Crippen molar-refractivity contribution in [2.24, 2.45) is 0 Å². The van der Waals surface area contributed by atoms with E-state index >= 15 is 0 Å². The molecule has 2 aliphatic rings. The van der Waals surface area contributed by atoms with Crippen molar-refractivity contribution in [3.05, 3.63) is 29.8 Å². The lowest BCUT2D eigenvalue weighted by molar-refractivity contribution is -0.165. The molecular weight excluding hydrogens is 302 g/mol. The minimum absolute atomic E-state index is 0.0504. The number of nitrogens with zero attached hydrogens (tertiary/aromatic N) is 1. The van der Waals surface area contributed by atoms with Gasteiger partial charge in [-0.3, -0.25) is 0 Å². The van der Waals surface area contributed by atoms with Gasteiger partial charge in [0.05, 0.1) is 17.0 Å². The third-order valence-corrected chi connectivity index (χ3v) is 6.27. The summed E-state index contributed by atoms with van der Waals surface area (Å²) in [5.41, 5.74) is 1.04. The topological polar surface area (TPSA) is 55.8 Å². The van der Waals surface area contributed by atoms with Crippen LogP contribution in [0.15, 0.2) is 29.2 Å². The van der Waals surface area contributed by atoms with Gasteiger partial charge in [0.2, 0.25) is 16.4 Å². The molecule has 0 amide bonds. The largest absolute Gasteiger partial charge is 0.339 e. The number of hydrogen-bond acceptors (Lipinski definition) is 4. The standard InChI is InChI=1S/C16H23NO4S/c1-3-20-16-17(14-6-4-5-7-15(14)21-16)22(18,19)13-10-8-12(2)9-11-13/h8-11,14-16H,3-7H2,1-2H3/t14-,15+,16?/m1/s1. The third kappa shape index (κ3) is 2.80. The molecule has 6 heteroatoms. The Hall–Kier alpha value is -0.950. The van der Waals surface area contributed by atoms with E-state index in [-0.39, 0.29) is 12.1 Å². The summed E-state index contributed by atoms with van der Waals surface area (Å²) in [6, 6.07) is 6.83. The molecule has 1 aromatic carbocycles. The fraction of sp³-hybridized carbons (Fsp3) is 0.625. The second-order valence-corrected chi connectivity index (χ2v) is 7.78. The average molecular weight is 325 g/mol. The van der Waals surface area contributed by atoms with Gasteiger partial charge in [-0.15, -0.1) is 4.31 Å². The Morgan fingerprint density at radius 2 is 1.91 bits per heavy atom. The molecule has 2 fully saturated rings. The highest BCUT2D eigenvalue weighted by molar-refractivity contribution is 7.89. The highest BCUT2D eigenvalue weighted by Crippen LogP contribution is 2.38. The summed E-state index contributed by atoms with van der Waals surface area (Å²) in [6.07, 6.45) is 2.99. The molecule has 0 N–H and O–H groups in total. The predicted octanol–water partition coefficient (Wildman–Crippen LogP) is 2.65. The molecule has 1 aliphatic carbocycles. The van der Waals surface area contributed by atoms with Crippen LogP contribution < -0.4 is 0 Å². The first-order chi connectivity index (χ1) is 10.5. The smallest absolute Gasteiger partial charge is 0.247 e. The molecule has 22 heavy (non-hydrogen) atoms. The third-order valence-electron chi connectivity index (χ3n) is 4.40. The van der Waals surface area contributed by atoms with Crippen molar-refractivity contribution >= 4 is 10.0 Å². The van der Waals surface area contributed by atoms with Gasteiger partial charge in [0.1, 0.15) is 0 Å².